The number of amides is 2. The number of benzene rings is 2. The Hall–Kier alpha value is -3.37. The molecule has 0 saturated carbocycles. The highest BCUT2D eigenvalue weighted by atomic mass is 79.9. The van der Waals surface area contributed by atoms with E-state index in [0.717, 1.165) is 26.5 Å². The van der Waals surface area contributed by atoms with Gasteiger partial charge in [0.25, 0.3) is 0 Å². The van der Waals surface area contributed by atoms with Crippen molar-refractivity contribution in [3.63, 3.8) is 0 Å². The lowest BCUT2D eigenvalue weighted by atomic mass is 10.2. The van der Waals surface area contributed by atoms with Gasteiger partial charge in [-0.05, 0) is 18.2 Å². The smallest absolute Gasteiger partial charge is 0.329 e. The minimum atomic E-state index is -0.904. The molecule has 2 amide bonds. The molecule has 10 heteroatoms. The highest BCUT2D eigenvalue weighted by molar-refractivity contribution is 9.10. The Balaban J connectivity index is 1.37. The monoisotopic (exact) mass is 468 g/mol. The van der Waals surface area contributed by atoms with Crippen LogP contribution in [0.1, 0.15) is 5.56 Å². The highest BCUT2D eigenvalue weighted by Gasteiger charge is 2.16. The summed E-state index contributed by atoms with van der Waals surface area (Å²) in [6, 6.07) is 15.2. The molecule has 29 heavy (non-hydrogen) atoms. The summed E-state index contributed by atoms with van der Waals surface area (Å²) in [4.78, 5) is 27.1. The summed E-state index contributed by atoms with van der Waals surface area (Å²) in [5.41, 5.74) is 4.80. The fourth-order valence-corrected chi connectivity index (χ4v) is 3.66. The summed E-state index contributed by atoms with van der Waals surface area (Å²) < 4.78 is 0.926. The van der Waals surface area contributed by atoms with Crippen LogP contribution in [0.15, 0.2) is 64.3 Å². The third kappa shape index (κ3) is 4.39. The van der Waals surface area contributed by atoms with E-state index in [1.807, 2.05) is 48.5 Å². The van der Waals surface area contributed by atoms with E-state index in [2.05, 4.69) is 47.0 Å². The van der Waals surface area contributed by atoms with Crippen molar-refractivity contribution in [2.24, 2.45) is 5.10 Å². The molecule has 3 N–H and O–H groups in total. The van der Waals surface area contributed by atoms with Gasteiger partial charge < -0.3 is 4.98 Å². The zero-order chi connectivity index (χ0) is 20.2. The van der Waals surface area contributed by atoms with Crippen LogP contribution in [-0.4, -0.2) is 33.2 Å². The van der Waals surface area contributed by atoms with Crippen molar-refractivity contribution < 1.29 is 9.59 Å². The molecule has 2 heterocycles. The number of H-pyrrole nitrogens is 1. The Morgan fingerprint density at radius 2 is 1.93 bits per heavy atom. The van der Waals surface area contributed by atoms with Crippen molar-refractivity contribution >= 4 is 61.3 Å². The molecule has 8 nitrogen and oxygen atoms in total. The van der Waals surface area contributed by atoms with Crippen LogP contribution in [0.2, 0.25) is 0 Å². The fourth-order valence-electron chi connectivity index (χ4n) is 2.56. The number of carbonyl (C=O) groups excluding carboxylic acids is 2. The van der Waals surface area contributed by atoms with Crippen molar-refractivity contribution in [2.45, 2.75) is 0 Å². The van der Waals surface area contributed by atoms with E-state index in [4.69, 9.17) is 0 Å². The number of nitrogens with one attached hydrogen (secondary N) is 3. The minimum absolute atomic E-state index is 0.231. The molecule has 144 valence electrons. The van der Waals surface area contributed by atoms with Gasteiger partial charge in [0.15, 0.2) is 0 Å². The van der Waals surface area contributed by atoms with Gasteiger partial charge in [0.2, 0.25) is 5.13 Å². The van der Waals surface area contributed by atoms with Crippen molar-refractivity contribution in [3.8, 4) is 10.6 Å². The Morgan fingerprint density at radius 1 is 1.10 bits per heavy atom. The van der Waals surface area contributed by atoms with Gasteiger partial charge in [-0.2, -0.15) is 5.10 Å². The van der Waals surface area contributed by atoms with Crippen LogP contribution >= 0.6 is 27.3 Å². The third-order valence-electron chi connectivity index (χ3n) is 3.92. The third-order valence-corrected chi connectivity index (χ3v) is 5.30. The largest absolute Gasteiger partial charge is 0.361 e. The topological polar surface area (TPSA) is 112 Å². The first kappa shape index (κ1) is 19.0. The first-order valence-corrected chi connectivity index (χ1v) is 10.0. The molecule has 2 aromatic heterocycles. The van der Waals surface area contributed by atoms with Gasteiger partial charge in [-0.3, -0.25) is 14.9 Å². The zero-order valence-electron chi connectivity index (χ0n) is 14.7. The minimum Gasteiger partial charge on any atom is -0.361 e. The van der Waals surface area contributed by atoms with Crippen molar-refractivity contribution in [2.75, 3.05) is 5.32 Å². The summed E-state index contributed by atoms with van der Waals surface area (Å²) in [7, 11) is 0. The highest BCUT2D eigenvalue weighted by Crippen LogP contribution is 2.25. The first-order chi connectivity index (χ1) is 14.1. The summed E-state index contributed by atoms with van der Waals surface area (Å²) in [5.74, 6) is -1.78. The van der Waals surface area contributed by atoms with Gasteiger partial charge in [-0.25, -0.2) is 5.43 Å². The second-order valence-corrected chi connectivity index (χ2v) is 7.76. The number of aromatic nitrogens is 3. The molecule has 4 aromatic rings. The maximum atomic E-state index is 12.0. The first-order valence-electron chi connectivity index (χ1n) is 8.40. The van der Waals surface area contributed by atoms with Crippen molar-refractivity contribution in [3.05, 3.63) is 64.8 Å². The number of halogens is 1. The average Bonchev–Trinajstić information content (AvgIpc) is 3.35. The number of hydrogen-bond acceptors (Lipinski definition) is 6. The number of fused-ring (bicyclic) bond motifs is 1. The van der Waals surface area contributed by atoms with Gasteiger partial charge in [-0.15, -0.1) is 10.2 Å². The Kier molecular flexibility index (Phi) is 5.45. The van der Waals surface area contributed by atoms with Crippen LogP contribution in [0.25, 0.3) is 21.5 Å². The molecular weight excluding hydrogens is 456 g/mol. The van der Waals surface area contributed by atoms with Gasteiger partial charge in [0, 0.05) is 32.7 Å². The predicted octanol–water partition coefficient (Wildman–Crippen LogP) is 3.54. The lowest BCUT2D eigenvalue weighted by Gasteiger charge is -1.99. The number of rotatable bonds is 4. The second kappa shape index (κ2) is 8.33. The van der Waals surface area contributed by atoms with Crippen LogP contribution in [-0.2, 0) is 9.59 Å². The van der Waals surface area contributed by atoms with Crippen LogP contribution in [0.5, 0.6) is 0 Å². The molecule has 0 aliphatic heterocycles. The van der Waals surface area contributed by atoms with Crippen LogP contribution < -0.4 is 10.7 Å². The van der Waals surface area contributed by atoms with Crippen LogP contribution in [0.4, 0.5) is 5.13 Å². The molecule has 0 aliphatic rings. The standard InChI is InChI=1S/C19H13BrN6O2S/c20-13-6-7-15-14(8-13)12(9-21-15)10-22-24-17(28)16(27)23-19-26-25-18(29-19)11-4-2-1-3-5-11/h1-10,21H,(H,24,28)(H,23,26,27)/b22-10+. The van der Waals surface area contributed by atoms with Gasteiger partial charge in [0.05, 0.1) is 6.21 Å². The Bertz CT molecular complexity index is 1220. The quantitative estimate of drug-likeness (QED) is 0.241. The molecular formula is C19H13BrN6O2S. The number of carbonyl (C=O) groups is 2. The summed E-state index contributed by atoms with van der Waals surface area (Å²) in [6.07, 6.45) is 3.23. The lowest BCUT2D eigenvalue weighted by Crippen LogP contribution is -2.32. The maximum absolute atomic E-state index is 12.0. The van der Waals surface area contributed by atoms with E-state index in [1.165, 1.54) is 17.6 Å². The predicted molar refractivity (Wildman–Crippen MR) is 116 cm³/mol. The number of nitrogens with zero attached hydrogens (tertiary/aromatic N) is 3. The number of hydrogen-bond donors (Lipinski definition) is 3. The van der Waals surface area contributed by atoms with E-state index < -0.39 is 11.8 Å². The maximum Gasteiger partial charge on any atom is 0.329 e. The van der Waals surface area contributed by atoms with Crippen LogP contribution in [0, 0.1) is 0 Å². The summed E-state index contributed by atoms with van der Waals surface area (Å²) >= 11 is 4.59. The Labute approximate surface area is 177 Å². The number of aromatic amines is 1. The molecule has 0 fully saturated rings. The molecule has 0 aliphatic carbocycles. The molecule has 0 atom stereocenters. The molecule has 0 radical (unpaired) electrons. The second-order valence-electron chi connectivity index (χ2n) is 5.87. The molecule has 0 unspecified atom stereocenters. The van der Waals surface area contributed by atoms with E-state index in [0.29, 0.717) is 5.01 Å². The number of anilines is 1. The molecule has 0 saturated heterocycles. The Morgan fingerprint density at radius 3 is 2.76 bits per heavy atom. The zero-order valence-corrected chi connectivity index (χ0v) is 17.1. The van der Waals surface area contributed by atoms with E-state index in [1.54, 1.807) is 6.20 Å². The number of hydrazone groups is 1. The van der Waals surface area contributed by atoms with Crippen molar-refractivity contribution in [1.82, 2.24) is 20.6 Å². The molecule has 0 spiro atoms. The fraction of sp³-hybridized carbons (Fsp3) is 0. The van der Waals surface area contributed by atoms with Gasteiger partial charge in [-0.1, -0.05) is 57.6 Å². The van der Waals surface area contributed by atoms with E-state index >= 15 is 0 Å². The lowest BCUT2D eigenvalue weighted by molar-refractivity contribution is -0.136. The summed E-state index contributed by atoms with van der Waals surface area (Å²) in [5, 5.41) is 16.0. The molecule has 2 aromatic carbocycles. The van der Waals surface area contributed by atoms with E-state index in [9.17, 15) is 9.59 Å². The van der Waals surface area contributed by atoms with Crippen LogP contribution in [0.3, 0.4) is 0 Å². The molecule has 4 rings (SSSR count). The van der Waals surface area contributed by atoms with E-state index in [-0.39, 0.29) is 5.13 Å². The summed E-state index contributed by atoms with van der Waals surface area (Å²) in [6.45, 7) is 0. The van der Waals surface area contributed by atoms with Gasteiger partial charge in [0.1, 0.15) is 5.01 Å². The van der Waals surface area contributed by atoms with Gasteiger partial charge >= 0.3 is 11.8 Å². The average molecular weight is 469 g/mol. The SMILES string of the molecule is O=C(N/N=C/c1c[nH]c2ccc(Br)cc12)C(=O)Nc1nnc(-c2ccccc2)s1. The molecule has 0 bridgehead atoms. The van der Waals surface area contributed by atoms with Crippen molar-refractivity contribution in [1.29, 1.82) is 0 Å². The normalized spacial score (nSPS) is 11.1.